The zero-order valence-electron chi connectivity index (χ0n) is 17.8. The first-order valence-electron chi connectivity index (χ1n) is 10.6. The molecule has 0 bridgehead atoms. The van der Waals surface area contributed by atoms with Crippen LogP contribution in [0.25, 0.3) is 0 Å². The lowest BCUT2D eigenvalue weighted by Crippen LogP contribution is -2.41. The van der Waals surface area contributed by atoms with Crippen molar-refractivity contribution in [2.24, 2.45) is 10.9 Å². The topological polar surface area (TPSA) is 69.1 Å². The molecule has 1 fully saturated rings. The number of nitrogens with one attached hydrogen (secondary N) is 2. The second-order valence-corrected chi connectivity index (χ2v) is 7.48. The summed E-state index contributed by atoms with van der Waals surface area (Å²) in [6.07, 6.45) is -1.64. The molecular formula is C21H33F3N4O2. The summed E-state index contributed by atoms with van der Waals surface area (Å²) in [7, 11) is 0. The van der Waals surface area contributed by atoms with Gasteiger partial charge in [-0.15, -0.1) is 0 Å². The van der Waals surface area contributed by atoms with Crippen molar-refractivity contribution < 1.29 is 23.0 Å². The Labute approximate surface area is 176 Å². The summed E-state index contributed by atoms with van der Waals surface area (Å²) in [6, 6.07) is 5.18. The van der Waals surface area contributed by atoms with E-state index >= 15 is 0 Å². The first kappa shape index (κ1) is 24.1. The Morgan fingerprint density at radius 2 is 1.97 bits per heavy atom. The Bertz CT molecular complexity index is 675. The molecule has 1 aromatic carbocycles. The number of phenolic OH excluding ortho intramolecular Hbond substituents is 1. The molecule has 0 radical (unpaired) electrons. The van der Waals surface area contributed by atoms with Crippen molar-refractivity contribution in [1.29, 1.82) is 0 Å². The summed E-state index contributed by atoms with van der Waals surface area (Å²) >= 11 is 0. The van der Waals surface area contributed by atoms with E-state index < -0.39 is 12.7 Å². The minimum absolute atomic E-state index is 0.107. The Hall–Kier alpha value is -2.16. The molecule has 0 saturated carbocycles. The molecule has 1 aromatic rings. The minimum atomic E-state index is -4.12. The zero-order valence-corrected chi connectivity index (χ0v) is 17.8. The van der Waals surface area contributed by atoms with Crippen molar-refractivity contribution in [3.8, 4) is 11.5 Å². The highest BCUT2D eigenvalue weighted by Crippen LogP contribution is 2.27. The normalized spacial score (nSPS) is 16.5. The van der Waals surface area contributed by atoms with Gasteiger partial charge in [0, 0.05) is 13.1 Å². The predicted molar refractivity (Wildman–Crippen MR) is 112 cm³/mol. The summed E-state index contributed by atoms with van der Waals surface area (Å²) < 4.78 is 42.9. The van der Waals surface area contributed by atoms with Crippen LogP contribution in [0.2, 0.25) is 0 Å². The molecule has 30 heavy (non-hydrogen) atoms. The average molecular weight is 431 g/mol. The van der Waals surface area contributed by atoms with Crippen molar-refractivity contribution in [2.75, 3.05) is 39.3 Å². The van der Waals surface area contributed by atoms with E-state index in [2.05, 4.69) is 15.6 Å². The summed E-state index contributed by atoms with van der Waals surface area (Å²) in [4.78, 5) is 6.06. The Balaban J connectivity index is 1.78. The lowest BCUT2D eigenvalue weighted by molar-refractivity contribution is -0.148. The Morgan fingerprint density at radius 3 is 2.60 bits per heavy atom. The van der Waals surface area contributed by atoms with Crippen molar-refractivity contribution in [3.05, 3.63) is 23.8 Å². The van der Waals surface area contributed by atoms with E-state index in [1.807, 2.05) is 13.8 Å². The maximum absolute atomic E-state index is 12.5. The van der Waals surface area contributed by atoms with Gasteiger partial charge in [-0.05, 0) is 69.8 Å². The van der Waals surface area contributed by atoms with Gasteiger partial charge in [0.25, 0.3) is 0 Å². The number of halogens is 3. The van der Waals surface area contributed by atoms with Gasteiger partial charge in [-0.3, -0.25) is 4.90 Å². The molecule has 6 nitrogen and oxygen atoms in total. The number of phenols is 1. The molecule has 1 aliphatic heterocycles. The van der Waals surface area contributed by atoms with Gasteiger partial charge in [0.1, 0.15) is 0 Å². The number of rotatable bonds is 9. The molecule has 0 aliphatic carbocycles. The Kier molecular flexibility index (Phi) is 9.55. The van der Waals surface area contributed by atoms with Crippen LogP contribution in [0.1, 0.15) is 38.7 Å². The summed E-state index contributed by atoms with van der Waals surface area (Å²) in [5.41, 5.74) is 0.922. The molecule has 170 valence electrons. The fraction of sp³-hybridized carbons (Fsp3) is 0.667. The number of nitrogens with zero attached hydrogens (tertiary/aromatic N) is 2. The molecule has 0 unspecified atom stereocenters. The number of benzene rings is 1. The molecule has 1 heterocycles. The summed E-state index contributed by atoms with van der Waals surface area (Å²) in [5.74, 6) is 1.67. The SMILES string of the molecule is CCNC(=NCc1ccc(O)c(OCC)c1)NCCC1CCN(CC(F)(F)F)CC1. The maximum atomic E-state index is 12.5. The molecule has 0 amide bonds. The number of aromatic hydroxyl groups is 1. The quantitative estimate of drug-likeness (QED) is 0.413. The molecule has 1 saturated heterocycles. The number of ether oxygens (including phenoxy) is 1. The van der Waals surface area contributed by atoms with E-state index in [0.29, 0.717) is 43.9 Å². The van der Waals surface area contributed by atoms with Gasteiger partial charge in [-0.1, -0.05) is 6.07 Å². The third-order valence-corrected chi connectivity index (χ3v) is 5.04. The lowest BCUT2D eigenvalue weighted by Gasteiger charge is -2.32. The van der Waals surface area contributed by atoms with Gasteiger partial charge in [-0.25, -0.2) is 4.99 Å². The maximum Gasteiger partial charge on any atom is 0.401 e. The van der Waals surface area contributed by atoms with Gasteiger partial charge in [0.05, 0.1) is 19.7 Å². The molecule has 9 heteroatoms. The van der Waals surface area contributed by atoms with Crippen molar-refractivity contribution in [3.63, 3.8) is 0 Å². The number of likely N-dealkylation sites (tertiary alicyclic amines) is 1. The number of piperidine rings is 1. The second kappa shape index (κ2) is 11.9. The predicted octanol–water partition coefficient (Wildman–Crippen LogP) is 3.51. The molecule has 1 aliphatic rings. The van der Waals surface area contributed by atoms with Gasteiger partial charge in [0.2, 0.25) is 0 Å². The number of hydrogen-bond acceptors (Lipinski definition) is 4. The number of guanidine groups is 1. The van der Waals surface area contributed by atoms with Crippen LogP contribution >= 0.6 is 0 Å². The first-order valence-corrected chi connectivity index (χ1v) is 10.6. The third-order valence-electron chi connectivity index (χ3n) is 5.04. The van der Waals surface area contributed by atoms with E-state index in [4.69, 9.17) is 4.74 Å². The number of aliphatic imine (C=N–C) groups is 1. The van der Waals surface area contributed by atoms with Gasteiger partial charge >= 0.3 is 6.18 Å². The smallest absolute Gasteiger partial charge is 0.401 e. The average Bonchev–Trinajstić information content (AvgIpc) is 2.68. The van der Waals surface area contributed by atoms with Gasteiger partial charge in [0.15, 0.2) is 17.5 Å². The highest BCUT2D eigenvalue weighted by molar-refractivity contribution is 5.79. The lowest BCUT2D eigenvalue weighted by atomic mass is 9.93. The standard InChI is InChI=1S/C21H33F3N4O2/c1-3-25-20(27-14-17-5-6-18(29)19(13-17)30-4-2)26-10-7-16-8-11-28(12-9-16)15-21(22,23)24/h5-6,13,16,29H,3-4,7-12,14-15H2,1-2H3,(H2,25,26,27). The number of alkyl halides is 3. The molecule has 0 atom stereocenters. The van der Waals surface area contributed by atoms with Crippen molar-refractivity contribution >= 4 is 5.96 Å². The fourth-order valence-electron chi connectivity index (χ4n) is 3.52. The highest BCUT2D eigenvalue weighted by Gasteiger charge is 2.32. The Morgan fingerprint density at radius 1 is 1.23 bits per heavy atom. The van der Waals surface area contributed by atoms with Gasteiger partial charge in [-0.2, -0.15) is 13.2 Å². The molecule has 3 N–H and O–H groups in total. The highest BCUT2D eigenvalue weighted by atomic mass is 19.4. The van der Waals surface area contributed by atoms with Gasteiger partial charge < -0.3 is 20.5 Å². The van der Waals surface area contributed by atoms with E-state index in [0.717, 1.165) is 37.9 Å². The monoisotopic (exact) mass is 430 g/mol. The van der Waals surface area contributed by atoms with E-state index in [1.165, 1.54) is 4.90 Å². The van der Waals surface area contributed by atoms with Crippen molar-refractivity contribution in [1.82, 2.24) is 15.5 Å². The van der Waals surface area contributed by atoms with E-state index in [-0.39, 0.29) is 5.75 Å². The molecular weight excluding hydrogens is 397 g/mol. The molecule has 0 spiro atoms. The first-order chi connectivity index (χ1) is 14.3. The third kappa shape index (κ3) is 8.69. The molecule has 2 rings (SSSR count). The summed E-state index contributed by atoms with van der Waals surface area (Å²) in [5, 5.41) is 16.3. The number of hydrogen-bond donors (Lipinski definition) is 3. The van der Waals surface area contributed by atoms with E-state index in [9.17, 15) is 18.3 Å². The summed E-state index contributed by atoms with van der Waals surface area (Å²) in [6.45, 7) is 6.39. The van der Waals surface area contributed by atoms with Crippen LogP contribution in [0.4, 0.5) is 13.2 Å². The fourth-order valence-corrected chi connectivity index (χ4v) is 3.52. The van der Waals surface area contributed by atoms with Crippen LogP contribution in [-0.2, 0) is 6.54 Å². The van der Waals surface area contributed by atoms with Crippen LogP contribution in [0.15, 0.2) is 23.2 Å². The van der Waals surface area contributed by atoms with Crippen LogP contribution in [-0.4, -0.2) is 61.5 Å². The van der Waals surface area contributed by atoms with Crippen LogP contribution in [0.5, 0.6) is 11.5 Å². The van der Waals surface area contributed by atoms with Crippen LogP contribution in [0.3, 0.4) is 0 Å². The van der Waals surface area contributed by atoms with E-state index in [1.54, 1.807) is 18.2 Å². The van der Waals surface area contributed by atoms with Crippen LogP contribution < -0.4 is 15.4 Å². The second-order valence-electron chi connectivity index (χ2n) is 7.48. The van der Waals surface area contributed by atoms with Crippen molar-refractivity contribution in [2.45, 2.75) is 45.8 Å². The van der Waals surface area contributed by atoms with Crippen LogP contribution in [0, 0.1) is 5.92 Å². The zero-order chi connectivity index (χ0) is 22.0. The molecule has 0 aromatic heterocycles. The largest absolute Gasteiger partial charge is 0.504 e. The minimum Gasteiger partial charge on any atom is -0.504 e.